The SMILES string of the molecule is CC(C)(CC(=O)N[C@H]1CCCC[C@H]1C(N)=O)CC(=O)c1ccccc1. The van der Waals surface area contributed by atoms with E-state index in [2.05, 4.69) is 5.32 Å². The summed E-state index contributed by atoms with van der Waals surface area (Å²) in [6, 6.07) is 8.93. The number of Topliss-reactive ketones (excluding diaryl/α,β-unsaturated/α-hetero) is 1. The fraction of sp³-hybridized carbons (Fsp3) is 0.550. The summed E-state index contributed by atoms with van der Waals surface area (Å²) in [5.41, 5.74) is 5.67. The molecule has 0 bridgehead atoms. The number of hydrogen-bond donors (Lipinski definition) is 2. The maximum absolute atomic E-state index is 12.4. The van der Waals surface area contributed by atoms with Gasteiger partial charge in [-0.25, -0.2) is 0 Å². The highest BCUT2D eigenvalue weighted by Crippen LogP contribution is 2.29. The molecule has 0 spiro atoms. The highest BCUT2D eigenvalue weighted by Gasteiger charge is 2.32. The third-order valence-electron chi connectivity index (χ3n) is 4.85. The number of ketones is 1. The zero-order valence-corrected chi connectivity index (χ0v) is 15.1. The molecule has 1 fully saturated rings. The Bertz CT molecular complexity index is 625. The van der Waals surface area contributed by atoms with Gasteiger partial charge in [-0.2, -0.15) is 0 Å². The van der Waals surface area contributed by atoms with Gasteiger partial charge in [0.15, 0.2) is 5.78 Å². The van der Waals surface area contributed by atoms with E-state index in [9.17, 15) is 14.4 Å². The van der Waals surface area contributed by atoms with Crippen LogP contribution < -0.4 is 11.1 Å². The maximum atomic E-state index is 12.4. The summed E-state index contributed by atoms with van der Waals surface area (Å²) in [5.74, 6) is -0.717. The molecular formula is C20H28N2O3. The van der Waals surface area contributed by atoms with Crippen molar-refractivity contribution in [1.82, 2.24) is 5.32 Å². The lowest BCUT2D eigenvalue weighted by atomic mass is 9.81. The van der Waals surface area contributed by atoms with Gasteiger partial charge in [0.25, 0.3) is 0 Å². The molecule has 3 N–H and O–H groups in total. The Hall–Kier alpha value is -2.17. The van der Waals surface area contributed by atoms with Gasteiger partial charge in [0.1, 0.15) is 0 Å². The van der Waals surface area contributed by atoms with Gasteiger partial charge in [0.2, 0.25) is 11.8 Å². The van der Waals surface area contributed by atoms with Crippen molar-refractivity contribution in [1.29, 1.82) is 0 Å². The fourth-order valence-corrected chi connectivity index (χ4v) is 3.56. The third kappa shape index (κ3) is 5.69. The van der Waals surface area contributed by atoms with E-state index >= 15 is 0 Å². The quantitative estimate of drug-likeness (QED) is 0.745. The number of carbonyl (C=O) groups is 3. The van der Waals surface area contributed by atoms with Gasteiger partial charge in [-0.15, -0.1) is 0 Å². The lowest BCUT2D eigenvalue weighted by Gasteiger charge is -2.31. The van der Waals surface area contributed by atoms with E-state index in [-0.39, 0.29) is 36.0 Å². The van der Waals surface area contributed by atoms with E-state index in [1.54, 1.807) is 12.1 Å². The van der Waals surface area contributed by atoms with Gasteiger partial charge in [-0.1, -0.05) is 57.0 Å². The third-order valence-corrected chi connectivity index (χ3v) is 4.85. The van der Waals surface area contributed by atoms with Gasteiger partial charge in [0, 0.05) is 24.4 Å². The lowest BCUT2D eigenvalue weighted by molar-refractivity contribution is -0.127. The zero-order chi connectivity index (χ0) is 18.4. The smallest absolute Gasteiger partial charge is 0.222 e. The molecule has 1 aromatic carbocycles. The average Bonchev–Trinajstić information content (AvgIpc) is 2.54. The summed E-state index contributed by atoms with van der Waals surface area (Å²) in [5, 5.41) is 2.97. The van der Waals surface area contributed by atoms with E-state index in [0.717, 1.165) is 25.7 Å². The molecule has 2 atom stereocenters. The van der Waals surface area contributed by atoms with Gasteiger partial charge in [-0.3, -0.25) is 14.4 Å². The van der Waals surface area contributed by atoms with Crippen molar-refractivity contribution in [3.05, 3.63) is 35.9 Å². The average molecular weight is 344 g/mol. The van der Waals surface area contributed by atoms with E-state index in [0.29, 0.717) is 12.0 Å². The number of primary amides is 1. The second-order valence-electron chi connectivity index (χ2n) is 7.77. The fourth-order valence-electron chi connectivity index (χ4n) is 3.56. The van der Waals surface area contributed by atoms with Crippen LogP contribution in [0.5, 0.6) is 0 Å². The zero-order valence-electron chi connectivity index (χ0n) is 15.1. The minimum Gasteiger partial charge on any atom is -0.369 e. The minimum absolute atomic E-state index is 0.0334. The standard InChI is InChI=1S/C20H28N2O3/c1-20(2,12-17(23)14-8-4-3-5-9-14)13-18(24)22-16-11-7-6-10-15(16)19(21)25/h3-5,8-9,15-16H,6-7,10-13H2,1-2H3,(H2,21,25)(H,22,24)/t15-,16+/m1/s1. The van der Waals surface area contributed by atoms with Crippen LogP contribution in [0.1, 0.15) is 62.7 Å². The molecule has 0 radical (unpaired) electrons. The Morgan fingerprint density at radius 1 is 1.08 bits per heavy atom. The predicted octanol–water partition coefficient (Wildman–Crippen LogP) is 2.84. The number of nitrogens with two attached hydrogens (primary N) is 1. The molecule has 1 aliphatic rings. The van der Waals surface area contributed by atoms with E-state index in [1.165, 1.54) is 0 Å². The first-order valence-electron chi connectivity index (χ1n) is 8.95. The second kappa shape index (κ2) is 8.28. The normalized spacial score (nSPS) is 20.7. The molecule has 25 heavy (non-hydrogen) atoms. The summed E-state index contributed by atoms with van der Waals surface area (Å²) in [6.07, 6.45) is 4.02. The largest absolute Gasteiger partial charge is 0.369 e. The first-order valence-corrected chi connectivity index (χ1v) is 8.95. The molecule has 0 heterocycles. The van der Waals surface area contributed by atoms with Crippen LogP contribution in [0.3, 0.4) is 0 Å². The van der Waals surface area contributed by atoms with Gasteiger partial charge < -0.3 is 11.1 Å². The monoisotopic (exact) mass is 344 g/mol. The molecule has 0 aliphatic heterocycles. The number of rotatable bonds is 7. The molecular weight excluding hydrogens is 316 g/mol. The lowest BCUT2D eigenvalue weighted by Crippen LogP contribution is -2.47. The molecule has 2 rings (SSSR count). The first-order chi connectivity index (χ1) is 11.8. The Labute approximate surface area is 149 Å². The van der Waals surface area contributed by atoms with E-state index in [4.69, 9.17) is 5.73 Å². The van der Waals surface area contributed by atoms with Crippen molar-refractivity contribution in [3.63, 3.8) is 0 Å². The van der Waals surface area contributed by atoms with Crippen LogP contribution in [0, 0.1) is 11.3 Å². The van der Waals surface area contributed by atoms with Gasteiger partial charge >= 0.3 is 0 Å². The summed E-state index contributed by atoms with van der Waals surface area (Å²) >= 11 is 0. The Morgan fingerprint density at radius 3 is 2.36 bits per heavy atom. The van der Waals surface area contributed by atoms with Gasteiger partial charge in [-0.05, 0) is 18.3 Å². The molecule has 1 saturated carbocycles. The summed E-state index contributed by atoms with van der Waals surface area (Å²) in [7, 11) is 0. The van der Waals surface area contributed by atoms with Crippen molar-refractivity contribution in [2.45, 2.75) is 58.4 Å². The van der Waals surface area contributed by atoms with E-state index < -0.39 is 5.41 Å². The molecule has 2 amide bonds. The molecule has 1 aliphatic carbocycles. The van der Waals surface area contributed by atoms with Crippen molar-refractivity contribution in [2.24, 2.45) is 17.1 Å². The predicted molar refractivity (Wildman–Crippen MR) is 96.9 cm³/mol. The molecule has 136 valence electrons. The Morgan fingerprint density at radius 2 is 1.72 bits per heavy atom. The van der Waals surface area contributed by atoms with Crippen molar-refractivity contribution in [2.75, 3.05) is 0 Å². The van der Waals surface area contributed by atoms with Crippen LogP contribution in [0.25, 0.3) is 0 Å². The van der Waals surface area contributed by atoms with Crippen LogP contribution in [-0.2, 0) is 9.59 Å². The molecule has 0 unspecified atom stereocenters. The van der Waals surface area contributed by atoms with Crippen molar-refractivity contribution < 1.29 is 14.4 Å². The van der Waals surface area contributed by atoms with Crippen LogP contribution in [0.2, 0.25) is 0 Å². The molecule has 5 nitrogen and oxygen atoms in total. The summed E-state index contributed by atoms with van der Waals surface area (Å²) < 4.78 is 0. The Kier molecular flexibility index (Phi) is 6.34. The van der Waals surface area contributed by atoms with Crippen LogP contribution in [0.15, 0.2) is 30.3 Å². The summed E-state index contributed by atoms with van der Waals surface area (Å²) in [4.78, 5) is 36.4. The molecule has 0 saturated heterocycles. The molecule has 1 aromatic rings. The minimum atomic E-state index is -0.451. The molecule has 5 heteroatoms. The van der Waals surface area contributed by atoms with Crippen molar-refractivity contribution in [3.8, 4) is 0 Å². The summed E-state index contributed by atoms with van der Waals surface area (Å²) in [6.45, 7) is 3.83. The second-order valence-corrected chi connectivity index (χ2v) is 7.77. The number of nitrogens with one attached hydrogen (secondary N) is 1. The highest BCUT2D eigenvalue weighted by atomic mass is 16.2. The molecule has 0 aromatic heterocycles. The maximum Gasteiger partial charge on any atom is 0.222 e. The number of benzene rings is 1. The highest BCUT2D eigenvalue weighted by molar-refractivity contribution is 5.96. The topological polar surface area (TPSA) is 89.3 Å². The number of hydrogen-bond acceptors (Lipinski definition) is 3. The number of amides is 2. The van der Waals surface area contributed by atoms with Gasteiger partial charge in [0.05, 0.1) is 5.92 Å². The Balaban J connectivity index is 1.91. The van der Waals surface area contributed by atoms with E-state index in [1.807, 2.05) is 32.0 Å². The van der Waals surface area contributed by atoms with Crippen LogP contribution in [-0.4, -0.2) is 23.6 Å². The van der Waals surface area contributed by atoms with Crippen molar-refractivity contribution >= 4 is 17.6 Å². The van der Waals surface area contributed by atoms with Crippen LogP contribution >= 0.6 is 0 Å². The van der Waals surface area contributed by atoms with Crippen LogP contribution in [0.4, 0.5) is 0 Å². The number of carbonyl (C=O) groups excluding carboxylic acids is 3. The first kappa shape index (κ1) is 19.2.